The molecule has 0 saturated heterocycles. The number of aromatic nitrogens is 1. The minimum Gasteiger partial charge on any atom is -0.389 e. The van der Waals surface area contributed by atoms with Crippen molar-refractivity contribution in [2.45, 2.75) is 13.5 Å². The molecule has 0 bridgehead atoms. The van der Waals surface area contributed by atoms with E-state index in [-0.39, 0.29) is 0 Å². The van der Waals surface area contributed by atoms with Crippen LogP contribution in [0.25, 0.3) is 10.9 Å². The number of nitrogens with zero attached hydrogens (tertiary/aromatic N) is 1. The maximum atomic E-state index is 5.78. The van der Waals surface area contributed by atoms with Gasteiger partial charge in [0.05, 0.1) is 0 Å². The average molecular weight is 280 g/mol. The van der Waals surface area contributed by atoms with E-state index in [9.17, 15) is 0 Å². The molecule has 0 amide bonds. The van der Waals surface area contributed by atoms with Crippen molar-refractivity contribution in [2.75, 3.05) is 0 Å². The third-order valence-corrected chi connectivity index (χ3v) is 3.77. The topological polar surface area (TPSA) is 30.9 Å². The van der Waals surface area contributed by atoms with Crippen LogP contribution in [-0.4, -0.2) is 9.56 Å². The molecule has 2 N–H and O–H groups in total. The van der Waals surface area contributed by atoms with Crippen LogP contribution in [0.2, 0.25) is 0 Å². The summed E-state index contributed by atoms with van der Waals surface area (Å²) in [6, 6.07) is 16.8. The summed E-state index contributed by atoms with van der Waals surface area (Å²) < 4.78 is 2.22. The Morgan fingerprint density at radius 3 is 2.55 bits per heavy atom. The molecule has 0 radical (unpaired) electrons. The summed E-state index contributed by atoms with van der Waals surface area (Å²) in [5.41, 5.74) is 10.5. The minimum absolute atomic E-state index is 0.448. The third kappa shape index (κ3) is 2.32. The predicted octanol–water partition coefficient (Wildman–Crippen LogP) is 3.63. The van der Waals surface area contributed by atoms with Gasteiger partial charge in [0.1, 0.15) is 4.99 Å². The van der Waals surface area contributed by atoms with Crippen LogP contribution in [-0.2, 0) is 6.54 Å². The number of rotatable bonds is 3. The Balaban J connectivity index is 2.03. The van der Waals surface area contributed by atoms with E-state index in [1.807, 2.05) is 12.1 Å². The summed E-state index contributed by atoms with van der Waals surface area (Å²) in [5, 5.41) is 1.12. The Morgan fingerprint density at radius 1 is 1.10 bits per heavy atom. The van der Waals surface area contributed by atoms with Crippen LogP contribution in [0, 0.1) is 6.92 Å². The Kier molecular flexibility index (Phi) is 3.28. The van der Waals surface area contributed by atoms with E-state index >= 15 is 0 Å². The first-order valence-electron chi connectivity index (χ1n) is 6.58. The summed E-state index contributed by atoms with van der Waals surface area (Å²) in [4.78, 5) is 0.448. The molecule has 1 aromatic heterocycles. The lowest BCUT2D eigenvalue weighted by atomic mass is 10.1. The van der Waals surface area contributed by atoms with Crippen molar-refractivity contribution >= 4 is 28.1 Å². The maximum Gasteiger partial charge on any atom is 0.104 e. The van der Waals surface area contributed by atoms with E-state index in [2.05, 4.69) is 54.1 Å². The second-order valence-corrected chi connectivity index (χ2v) is 5.47. The van der Waals surface area contributed by atoms with Crippen LogP contribution < -0.4 is 5.73 Å². The highest BCUT2D eigenvalue weighted by Crippen LogP contribution is 2.21. The monoisotopic (exact) mass is 280 g/mol. The molecule has 100 valence electrons. The summed E-state index contributed by atoms with van der Waals surface area (Å²) in [6.07, 6.45) is 2.09. The van der Waals surface area contributed by atoms with Crippen molar-refractivity contribution < 1.29 is 0 Å². The number of hydrogen-bond donors (Lipinski definition) is 1. The standard InChI is InChI=1S/C17H16N2S/c1-12-5-7-13(8-6-12)11-19-10-9-14-15(17(18)20)3-2-4-16(14)19/h2-10H,11H2,1H3,(H2,18,20). The lowest BCUT2D eigenvalue weighted by Gasteiger charge is -2.07. The van der Waals surface area contributed by atoms with E-state index < -0.39 is 0 Å². The molecule has 3 aromatic rings. The second-order valence-electron chi connectivity index (χ2n) is 5.03. The van der Waals surface area contributed by atoms with E-state index in [1.54, 1.807) is 0 Å². The van der Waals surface area contributed by atoms with E-state index in [0.717, 1.165) is 23.0 Å². The van der Waals surface area contributed by atoms with Crippen molar-refractivity contribution in [1.29, 1.82) is 0 Å². The van der Waals surface area contributed by atoms with Gasteiger partial charge < -0.3 is 10.3 Å². The average Bonchev–Trinajstić information content (AvgIpc) is 2.84. The highest BCUT2D eigenvalue weighted by Gasteiger charge is 2.07. The van der Waals surface area contributed by atoms with Crippen LogP contribution in [0.15, 0.2) is 54.7 Å². The van der Waals surface area contributed by atoms with Gasteiger partial charge in [-0.3, -0.25) is 0 Å². The zero-order valence-corrected chi connectivity index (χ0v) is 12.2. The fourth-order valence-corrected chi connectivity index (χ4v) is 2.64. The summed E-state index contributed by atoms with van der Waals surface area (Å²) in [6.45, 7) is 2.95. The van der Waals surface area contributed by atoms with E-state index in [4.69, 9.17) is 18.0 Å². The first-order valence-corrected chi connectivity index (χ1v) is 6.99. The van der Waals surface area contributed by atoms with Gasteiger partial charge in [-0.15, -0.1) is 0 Å². The van der Waals surface area contributed by atoms with Gasteiger partial charge in [0.25, 0.3) is 0 Å². The van der Waals surface area contributed by atoms with Crippen LogP contribution in [0.3, 0.4) is 0 Å². The molecule has 0 atom stereocenters. The quantitative estimate of drug-likeness (QED) is 0.743. The van der Waals surface area contributed by atoms with E-state index in [1.165, 1.54) is 11.1 Å². The molecule has 20 heavy (non-hydrogen) atoms. The normalized spacial score (nSPS) is 10.8. The lowest BCUT2D eigenvalue weighted by Crippen LogP contribution is -2.09. The Morgan fingerprint density at radius 2 is 1.85 bits per heavy atom. The molecule has 0 saturated carbocycles. The first-order chi connectivity index (χ1) is 9.65. The van der Waals surface area contributed by atoms with Crippen LogP contribution >= 0.6 is 12.2 Å². The number of nitrogens with two attached hydrogens (primary N) is 1. The smallest absolute Gasteiger partial charge is 0.104 e. The molecule has 1 heterocycles. The summed E-state index contributed by atoms with van der Waals surface area (Å²) in [5.74, 6) is 0. The molecular weight excluding hydrogens is 264 g/mol. The first kappa shape index (κ1) is 12.9. The number of fused-ring (bicyclic) bond motifs is 1. The molecule has 0 aliphatic rings. The fourth-order valence-electron chi connectivity index (χ4n) is 2.47. The van der Waals surface area contributed by atoms with E-state index in [0.29, 0.717) is 4.99 Å². The molecule has 0 aliphatic heterocycles. The third-order valence-electron chi connectivity index (χ3n) is 3.55. The molecule has 2 nitrogen and oxygen atoms in total. The van der Waals surface area contributed by atoms with Crippen LogP contribution in [0.4, 0.5) is 0 Å². The van der Waals surface area contributed by atoms with Crippen molar-refractivity contribution in [3.05, 3.63) is 71.4 Å². The zero-order valence-electron chi connectivity index (χ0n) is 11.3. The number of aryl methyl sites for hydroxylation is 1. The van der Waals surface area contributed by atoms with Gasteiger partial charge in [-0.05, 0) is 24.6 Å². The Hall–Kier alpha value is -2.13. The molecule has 3 rings (SSSR count). The van der Waals surface area contributed by atoms with Crippen molar-refractivity contribution in [2.24, 2.45) is 5.73 Å². The highest BCUT2D eigenvalue weighted by atomic mass is 32.1. The van der Waals surface area contributed by atoms with Crippen molar-refractivity contribution in [3.63, 3.8) is 0 Å². The van der Waals surface area contributed by atoms with Gasteiger partial charge in [-0.2, -0.15) is 0 Å². The summed E-state index contributed by atoms with van der Waals surface area (Å²) in [7, 11) is 0. The molecule has 0 unspecified atom stereocenters. The second kappa shape index (κ2) is 5.10. The Labute approximate surface area is 123 Å². The molecule has 0 spiro atoms. The van der Waals surface area contributed by atoms with Crippen molar-refractivity contribution in [1.82, 2.24) is 4.57 Å². The minimum atomic E-state index is 0.448. The van der Waals surface area contributed by atoms with Crippen molar-refractivity contribution in [3.8, 4) is 0 Å². The molecular formula is C17H16N2S. The summed E-state index contributed by atoms with van der Waals surface area (Å²) >= 11 is 5.11. The fraction of sp³-hybridized carbons (Fsp3) is 0.118. The predicted molar refractivity (Wildman–Crippen MR) is 88.1 cm³/mol. The molecule has 0 fully saturated rings. The van der Waals surface area contributed by atoms with Gasteiger partial charge >= 0.3 is 0 Å². The van der Waals surface area contributed by atoms with Crippen LogP contribution in [0.5, 0.6) is 0 Å². The molecule has 3 heteroatoms. The SMILES string of the molecule is Cc1ccc(Cn2ccc3c(C(N)=S)cccc32)cc1. The molecule has 2 aromatic carbocycles. The lowest BCUT2D eigenvalue weighted by molar-refractivity contribution is 0.836. The number of benzene rings is 2. The van der Waals surface area contributed by atoms with Crippen LogP contribution in [0.1, 0.15) is 16.7 Å². The Bertz CT molecular complexity index is 769. The highest BCUT2D eigenvalue weighted by molar-refractivity contribution is 7.80. The largest absolute Gasteiger partial charge is 0.389 e. The number of hydrogen-bond acceptors (Lipinski definition) is 1. The van der Waals surface area contributed by atoms with Gasteiger partial charge in [0, 0.05) is 29.2 Å². The number of thiocarbonyl (C=S) groups is 1. The maximum absolute atomic E-state index is 5.78. The van der Waals surface area contributed by atoms with Gasteiger partial charge in [0.15, 0.2) is 0 Å². The van der Waals surface area contributed by atoms with Gasteiger partial charge in [0.2, 0.25) is 0 Å². The van der Waals surface area contributed by atoms with Gasteiger partial charge in [-0.25, -0.2) is 0 Å². The van der Waals surface area contributed by atoms with Gasteiger partial charge in [-0.1, -0.05) is 54.2 Å². The molecule has 0 aliphatic carbocycles. The zero-order chi connectivity index (χ0) is 14.1.